The van der Waals surface area contributed by atoms with Gasteiger partial charge < -0.3 is 14.2 Å². The monoisotopic (exact) mass is 355 g/mol. The quantitative estimate of drug-likeness (QED) is 0.884. The molecule has 0 spiro atoms. The summed E-state index contributed by atoms with van der Waals surface area (Å²) in [6.07, 6.45) is 1.53. The summed E-state index contributed by atoms with van der Waals surface area (Å²) in [7, 11) is 0. The standard InChI is InChI=1S/C20H25N3O3/c1-14-17-6-5-11-22(17)12-13-23(14)18(24)15-7-9-16(10-8-15)21-19(25)26-20(2,3)4/h5-11,14H,12-13H2,1-4H3,(H,21,25). The van der Waals surface area contributed by atoms with Gasteiger partial charge in [-0.25, -0.2) is 4.79 Å². The van der Waals surface area contributed by atoms with Crippen LogP contribution in [0, 0.1) is 0 Å². The maximum Gasteiger partial charge on any atom is 0.412 e. The van der Waals surface area contributed by atoms with Gasteiger partial charge in [-0.05, 0) is 64.1 Å². The van der Waals surface area contributed by atoms with Gasteiger partial charge in [-0.3, -0.25) is 10.1 Å². The minimum absolute atomic E-state index is 0.00577. The lowest BCUT2D eigenvalue weighted by molar-refractivity contribution is 0.0631. The molecule has 138 valence electrons. The zero-order valence-electron chi connectivity index (χ0n) is 15.7. The Morgan fingerprint density at radius 3 is 2.46 bits per heavy atom. The van der Waals surface area contributed by atoms with E-state index in [-0.39, 0.29) is 11.9 Å². The van der Waals surface area contributed by atoms with Crippen LogP contribution in [-0.4, -0.2) is 33.6 Å². The minimum atomic E-state index is -0.554. The van der Waals surface area contributed by atoms with Gasteiger partial charge in [0.05, 0.1) is 6.04 Å². The molecule has 2 heterocycles. The van der Waals surface area contributed by atoms with Crippen molar-refractivity contribution < 1.29 is 14.3 Å². The first-order chi connectivity index (χ1) is 12.2. The predicted molar refractivity (Wildman–Crippen MR) is 100 cm³/mol. The Bertz CT molecular complexity index is 802. The molecular formula is C20H25N3O3. The average molecular weight is 355 g/mol. The van der Waals surface area contributed by atoms with E-state index >= 15 is 0 Å². The molecule has 1 aromatic heterocycles. The van der Waals surface area contributed by atoms with Gasteiger partial charge in [-0.2, -0.15) is 0 Å². The fourth-order valence-corrected chi connectivity index (χ4v) is 3.14. The topological polar surface area (TPSA) is 63.6 Å². The van der Waals surface area contributed by atoms with E-state index in [0.29, 0.717) is 17.8 Å². The summed E-state index contributed by atoms with van der Waals surface area (Å²) in [4.78, 5) is 26.6. The number of fused-ring (bicyclic) bond motifs is 1. The Balaban J connectivity index is 1.67. The number of hydrogen-bond acceptors (Lipinski definition) is 3. The molecule has 3 rings (SSSR count). The number of rotatable bonds is 2. The largest absolute Gasteiger partial charge is 0.444 e. The first-order valence-electron chi connectivity index (χ1n) is 8.81. The van der Waals surface area contributed by atoms with Crippen LogP contribution in [0.3, 0.4) is 0 Å². The smallest absolute Gasteiger partial charge is 0.412 e. The molecule has 6 nitrogen and oxygen atoms in total. The predicted octanol–water partition coefficient (Wildman–Crippen LogP) is 4.05. The third-order valence-corrected chi connectivity index (χ3v) is 4.38. The van der Waals surface area contributed by atoms with Crippen molar-refractivity contribution >= 4 is 17.7 Å². The van der Waals surface area contributed by atoms with Gasteiger partial charge in [-0.1, -0.05) is 0 Å². The molecule has 1 aliphatic rings. The fourth-order valence-electron chi connectivity index (χ4n) is 3.14. The number of nitrogens with zero attached hydrogens (tertiary/aromatic N) is 2. The van der Waals surface area contributed by atoms with Crippen LogP contribution in [-0.2, 0) is 11.3 Å². The molecule has 1 N–H and O–H groups in total. The molecule has 0 radical (unpaired) electrons. The van der Waals surface area contributed by atoms with E-state index in [1.807, 2.05) is 44.9 Å². The summed E-state index contributed by atoms with van der Waals surface area (Å²) in [6, 6.07) is 11.0. The highest BCUT2D eigenvalue weighted by molar-refractivity contribution is 5.95. The van der Waals surface area contributed by atoms with Gasteiger partial charge in [0.15, 0.2) is 0 Å². The van der Waals surface area contributed by atoms with Crippen LogP contribution >= 0.6 is 0 Å². The molecule has 1 aromatic carbocycles. The van der Waals surface area contributed by atoms with Crippen LogP contribution in [0.25, 0.3) is 0 Å². The van der Waals surface area contributed by atoms with Crippen molar-refractivity contribution in [2.45, 2.75) is 45.9 Å². The number of aromatic nitrogens is 1. The molecule has 1 unspecified atom stereocenters. The van der Waals surface area contributed by atoms with Gasteiger partial charge in [0, 0.05) is 36.2 Å². The van der Waals surface area contributed by atoms with Gasteiger partial charge in [-0.15, -0.1) is 0 Å². The van der Waals surface area contributed by atoms with Crippen LogP contribution in [0.1, 0.15) is 49.8 Å². The summed E-state index contributed by atoms with van der Waals surface area (Å²) < 4.78 is 7.41. The van der Waals surface area contributed by atoms with Gasteiger partial charge >= 0.3 is 6.09 Å². The number of carbonyl (C=O) groups is 2. The van der Waals surface area contributed by atoms with Crippen LogP contribution in [0.5, 0.6) is 0 Å². The maximum absolute atomic E-state index is 12.9. The number of amides is 2. The molecule has 2 amide bonds. The second-order valence-electron chi connectivity index (χ2n) is 7.51. The Labute approximate surface area is 153 Å². The van der Waals surface area contributed by atoms with Crippen molar-refractivity contribution in [3.63, 3.8) is 0 Å². The van der Waals surface area contributed by atoms with Crippen molar-refractivity contribution in [2.75, 3.05) is 11.9 Å². The summed E-state index contributed by atoms with van der Waals surface area (Å²) in [5.41, 5.74) is 1.79. The lowest BCUT2D eigenvalue weighted by Gasteiger charge is -2.35. The Hall–Kier alpha value is -2.76. The highest BCUT2D eigenvalue weighted by Gasteiger charge is 2.28. The SMILES string of the molecule is CC1c2cccn2CCN1C(=O)c1ccc(NC(=O)OC(C)(C)C)cc1. The number of nitrogens with one attached hydrogen (secondary N) is 1. The summed E-state index contributed by atoms with van der Waals surface area (Å²) in [5.74, 6) is -0.00577. The summed E-state index contributed by atoms with van der Waals surface area (Å²) in [5, 5.41) is 2.67. The van der Waals surface area contributed by atoms with Crippen molar-refractivity contribution in [3.8, 4) is 0 Å². The first kappa shape index (κ1) is 18.0. The Morgan fingerprint density at radius 1 is 1.12 bits per heavy atom. The average Bonchev–Trinajstić information content (AvgIpc) is 3.03. The molecule has 1 aliphatic heterocycles. The molecule has 0 saturated heterocycles. The van der Waals surface area contributed by atoms with Gasteiger partial charge in [0.1, 0.15) is 5.60 Å². The molecule has 0 fully saturated rings. The zero-order valence-corrected chi connectivity index (χ0v) is 15.7. The molecule has 0 saturated carbocycles. The Kier molecular flexibility index (Phi) is 4.76. The molecule has 2 aromatic rings. The van der Waals surface area contributed by atoms with E-state index in [1.54, 1.807) is 24.3 Å². The van der Waals surface area contributed by atoms with E-state index in [2.05, 4.69) is 16.0 Å². The maximum atomic E-state index is 12.9. The highest BCUT2D eigenvalue weighted by atomic mass is 16.6. The number of hydrogen-bond donors (Lipinski definition) is 1. The van der Waals surface area contributed by atoms with E-state index in [9.17, 15) is 9.59 Å². The lowest BCUT2D eigenvalue weighted by Crippen LogP contribution is -2.40. The third-order valence-electron chi connectivity index (χ3n) is 4.38. The van der Waals surface area contributed by atoms with Crippen LogP contribution in [0.4, 0.5) is 10.5 Å². The normalized spacial score (nSPS) is 16.8. The number of carbonyl (C=O) groups excluding carboxylic acids is 2. The molecular weight excluding hydrogens is 330 g/mol. The van der Waals surface area contributed by atoms with Crippen molar-refractivity contribution in [3.05, 3.63) is 53.9 Å². The fraction of sp³-hybridized carbons (Fsp3) is 0.400. The van der Waals surface area contributed by atoms with E-state index < -0.39 is 11.7 Å². The molecule has 0 bridgehead atoms. The number of anilines is 1. The Morgan fingerprint density at radius 2 is 1.81 bits per heavy atom. The summed E-state index contributed by atoms with van der Waals surface area (Å²) in [6.45, 7) is 8.96. The molecule has 6 heteroatoms. The van der Waals surface area contributed by atoms with E-state index in [0.717, 1.165) is 12.2 Å². The van der Waals surface area contributed by atoms with Gasteiger partial charge in [0.2, 0.25) is 0 Å². The van der Waals surface area contributed by atoms with Crippen molar-refractivity contribution in [2.24, 2.45) is 0 Å². The van der Waals surface area contributed by atoms with Crippen LogP contribution in [0.2, 0.25) is 0 Å². The second-order valence-corrected chi connectivity index (χ2v) is 7.51. The van der Waals surface area contributed by atoms with Crippen molar-refractivity contribution in [1.82, 2.24) is 9.47 Å². The second kappa shape index (κ2) is 6.86. The number of ether oxygens (including phenoxy) is 1. The first-order valence-corrected chi connectivity index (χ1v) is 8.81. The number of benzene rings is 1. The van der Waals surface area contributed by atoms with Gasteiger partial charge in [0.25, 0.3) is 5.91 Å². The molecule has 1 atom stereocenters. The van der Waals surface area contributed by atoms with Crippen LogP contribution in [0.15, 0.2) is 42.6 Å². The zero-order chi connectivity index (χ0) is 18.9. The van der Waals surface area contributed by atoms with Crippen molar-refractivity contribution in [1.29, 1.82) is 0 Å². The van der Waals surface area contributed by atoms with E-state index in [4.69, 9.17) is 4.74 Å². The third kappa shape index (κ3) is 3.90. The minimum Gasteiger partial charge on any atom is -0.444 e. The summed E-state index contributed by atoms with van der Waals surface area (Å²) >= 11 is 0. The molecule has 0 aliphatic carbocycles. The highest BCUT2D eigenvalue weighted by Crippen LogP contribution is 2.27. The molecule has 26 heavy (non-hydrogen) atoms. The van der Waals surface area contributed by atoms with E-state index in [1.165, 1.54) is 0 Å². The lowest BCUT2D eigenvalue weighted by atomic mass is 10.1. The van der Waals surface area contributed by atoms with Crippen LogP contribution < -0.4 is 5.32 Å².